The summed E-state index contributed by atoms with van der Waals surface area (Å²) in [5.74, 6) is 0.361. The molecular weight excluding hydrogens is 270 g/mol. The smallest absolute Gasteiger partial charge is 0.171 e. The average molecular weight is 285 g/mol. The minimum atomic E-state index is -2.90. The summed E-state index contributed by atoms with van der Waals surface area (Å²) in [5, 5.41) is 6.36. The van der Waals surface area contributed by atoms with Gasteiger partial charge in [0, 0.05) is 6.04 Å². The standard InChI is InChI=1S/C11H15N3O2S2/c12-9-3-1-2-4-10(9)14-11(17)13-8-5-6-18(15,16)7-8/h1-4,8H,5-7,12H2,(H2,13,14,17). The van der Waals surface area contributed by atoms with Crippen LogP contribution in [0.15, 0.2) is 24.3 Å². The summed E-state index contributed by atoms with van der Waals surface area (Å²) in [6.07, 6.45) is 0.592. The number of rotatable bonds is 2. The lowest BCUT2D eigenvalue weighted by Gasteiger charge is -2.15. The van der Waals surface area contributed by atoms with E-state index in [1.54, 1.807) is 6.07 Å². The van der Waals surface area contributed by atoms with E-state index in [-0.39, 0.29) is 17.5 Å². The van der Waals surface area contributed by atoms with E-state index in [0.717, 1.165) is 5.69 Å². The molecule has 1 aromatic rings. The summed E-state index contributed by atoms with van der Waals surface area (Å²) in [7, 11) is -2.90. The largest absolute Gasteiger partial charge is 0.397 e. The minimum absolute atomic E-state index is 0.111. The van der Waals surface area contributed by atoms with Crippen LogP contribution in [0, 0.1) is 0 Å². The highest BCUT2D eigenvalue weighted by Gasteiger charge is 2.28. The van der Waals surface area contributed by atoms with Gasteiger partial charge in [0.25, 0.3) is 0 Å². The number of anilines is 2. The number of nitrogen functional groups attached to an aromatic ring is 1. The molecule has 0 aliphatic carbocycles. The van der Waals surface area contributed by atoms with Crippen LogP contribution in [0.3, 0.4) is 0 Å². The highest BCUT2D eigenvalue weighted by atomic mass is 32.2. The Morgan fingerprint density at radius 3 is 2.72 bits per heavy atom. The van der Waals surface area contributed by atoms with E-state index in [4.69, 9.17) is 18.0 Å². The molecule has 1 aromatic carbocycles. The van der Waals surface area contributed by atoms with Gasteiger partial charge in [0.2, 0.25) is 0 Å². The van der Waals surface area contributed by atoms with Crippen molar-refractivity contribution >= 4 is 38.5 Å². The van der Waals surface area contributed by atoms with E-state index >= 15 is 0 Å². The lowest BCUT2D eigenvalue weighted by Crippen LogP contribution is -2.38. The second kappa shape index (κ2) is 5.11. The first-order chi connectivity index (χ1) is 8.46. The van der Waals surface area contributed by atoms with Crippen molar-refractivity contribution < 1.29 is 8.42 Å². The van der Waals surface area contributed by atoms with Crippen molar-refractivity contribution in [3.8, 4) is 0 Å². The summed E-state index contributed by atoms with van der Waals surface area (Å²) in [6.45, 7) is 0. The number of sulfone groups is 1. The molecule has 98 valence electrons. The Balaban J connectivity index is 1.92. The Hall–Kier alpha value is -1.34. The zero-order valence-corrected chi connectivity index (χ0v) is 11.4. The quantitative estimate of drug-likeness (QED) is 0.549. The van der Waals surface area contributed by atoms with Gasteiger partial charge in [-0.15, -0.1) is 0 Å². The molecule has 1 heterocycles. The van der Waals surface area contributed by atoms with Gasteiger partial charge in [-0.05, 0) is 30.8 Å². The van der Waals surface area contributed by atoms with Crippen molar-refractivity contribution in [2.45, 2.75) is 12.5 Å². The third-order valence-electron chi connectivity index (χ3n) is 2.78. The molecule has 4 N–H and O–H groups in total. The number of para-hydroxylation sites is 2. The molecular formula is C11H15N3O2S2. The van der Waals surface area contributed by atoms with Crippen molar-refractivity contribution in [1.29, 1.82) is 0 Å². The van der Waals surface area contributed by atoms with Gasteiger partial charge in [-0.1, -0.05) is 12.1 Å². The Labute approximate surface area is 112 Å². The molecule has 1 aliphatic rings. The lowest BCUT2D eigenvalue weighted by molar-refractivity contribution is 0.600. The second-order valence-electron chi connectivity index (χ2n) is 4.29. The van der Waals surface area contributed by atoms with Crippen LogP contribution >= 0.6 is 12.2 Å². The molecule has 0 amide bonds. The van der Waals surface area contributed by atoms with E-state index in [0.29, 0.717) is 17.2 Å². The van der Waals surface area contributed by atoms with Crippen LogP contribution in [-0.4, -0.2) is 31.1 Å². The predicted molar refractivity (Wildman–Crippen MR) is 77.3 cm³/mol. The molecule has 0 radical (unpaired) electrons. The van der Waals surface area contributed by atoms with Gasteiger partial charge in [0.1, 0.15) is 0 Å². The van der Waals surface area contributed by atoms with Crippen molar-refractivity contribution in [1.82, 2.24) is 5.32 Å². The van der Waals surface area contributed by atoms with Crippen LogP contribution in [0.4, 0.5) is 11.4 Å². The molecule has 0 saturated carbocycles. The monoisotopic (exact) mass is 285 g/mol. The maximum absolute atomic E-state index is 11.3. The predicted octanol–water partition coefficient (Wildman–Crippen LogP) is 0.742. The van der Waals surface area contributed by atoms with Crippen molar-refractivity contribution in [2.75, 3.05) is 22.6 Å². The molecule has 1 aliphatic heterocycles. The normalized spacial score (nSPS) is 21.4. The van der Waals surface area contributed by atoms with Crippen molar-refractivity contribution in [3.05, 3.63) is 24.3 Å². The Morgan fingerprint density at radius 2 is 2.11 bits per heavy atom. The van der Waals surface area contributed by atoms with E-state index in [2.05, 4.69) is 10.6 Å². The van der Waals surface area contributed by atoms with Gasteiger partial charge in [-0.3, -0.25) is 0 Å². The molecule has 2 rings (SSSR count). The molecule has 1 fully saturated rings. The minimum Gasteiger partial charge on any atom is -0.397 e. The van der Waals surface area contributed by atoms with Gasteiger partial charge in [-0.25, -0.2) is 8.42 Å². The van der Waals surface area contributed by atoms with Crippen molar-refractivity contribution in [2.24, 2.45) is 0 Å². The molecule has 1 unspecified atom stereocenters. The van der Waals surface area contributed by atoms with Gasteiger partial charge >= 0.3 is 0 Å². The number of hydrogen-bond donors (Lipinski definition) is 3. The second-order valence-corrected chi connectivity index (χ2v) is 6.92. The number of thiocarbonyl (C=S) groups is 1. The first-order valence-electron chi connectivity index (χ1n) is 5.59. The number of hydrogen-bond acceptors (Lipinski definition) is 4. The van der Waals surface area contributed by atoms with E-state index in [9.17, 15) is 8.42 Å². The zero-order valence-electron chi connectivity index (χ0n) is 9.72. The van der Waals surface area contributed by atoms with Crippen LogP contribution < -0.4 is 16.4 Å². The fourth-order valence-electron chi connectivity index (χ4n) is 1.86. The first-order valence-corrected chi connectivity index (χ1v) is 7.82. The highest BCUT2D eigenvalue weighted by Crippen LogP contribution is 2.17. The third-order valence-corrected chi connectivity index (χ3v) is 4.76. The van der Waals surface area contributed by atoms with Gasteiger partial charge in [0.05, 0.1) is 22.9 Å². The molecule has 0 aromatic heterocycles. The molecule has 1 atom stereocenters. The Bertz CT molecular complexity index is 557. The van der Waals surface area contributed by atoms with Crippen LogP contribution in [0.5, 0.6) is 0 Å². The van der Waals surface area contributed by atoms with Crippen molar-refractivity contribution in [3.63, 3.8) is 0 Å². The van der Waals surface area contributed by atoms with Gasteiger partial charge in [0.15, 0.2) is 14.9 Å². The molecule has 7 heteroatoms. The Kier molecular flexibility index (Phi) is 3.72. The third kappa shape index (κ3) is 3.33. The molecule has 5 nitrogen and oxygen atoms in total. The number of benzene rings is 1. The average Bonchev–Trinajstić information content (AvgIpc) is 2.61. The summed E-state index contributed by atoms with van der Waals surface area (Å²) in [4.78, 5) is 0. The van der Waals surface area contributed by atoms with Gasteiger partial charge < -0.3 is 16.4 Å². The Morgan fingerprint density at radius 1 is 1.39 bits per heavy atom. The maximum Gasteiger partial charge on any atom is 0.171 e. The number of nitrogens with two attached hydrogens (primary N) is 1. The summed E-state index contributed by atoms with van der Waals surface area (Å²) in [5.41, 5.74) is 7.09. The van der Waals surface area contributed by atoms with Gasteiger partial charge in [-0.2, -0.15) is 0 Å². The molecule has 1 saturated heterocycles. The zero-order chi connectivity index (χ0) is 13.2. The highest BCUT2D eigenvalue weighted by molar-refractivity contribution is 7.91. The van der Waals surface area contributed by atoms with E-state index in [1.807, 2.05) is 18.2 Å². The fraction of sp³-hybridized carbons (Fsp3) is 0.364. The van der Waals surface area contributed by atoms with E-state index in [1.165, 1.54) is 0 Å². The lowest BCUT2D eigenvalue weighted by atomic mass is 10.2. The number of nitrogens with one attached hydrogen (secondary N) is 2. The molecule has 0 bridgehead atoms. The summed E-state index contributed by atoms with van der Waals surface area (Å²) < 4.78 is 22.6. The first kappa shape index (κ1) is 13.1. The summed E-state index contributed by atoms with van der Waals surface area (Å²) >= 11 is 5.13. The van der Waals surface area contributed by atoms with E-state index < -0.39 is 9.84 Å². The van der Waals surface area contributed by atoms with Crippen LogP contribution in [0.2, 0.25) is 0 Å². The SMILES string of the molecule is Nc1ccccc1NC(=S)NC1CCS(=O)(=O)C1. The topological polar surface area (TPSA) is 84.2 Å². The van der Waals surface area contributed by atoms with Crippen LogP contribution in [0.25, 0.3) is 0 Å². The fourth-order valence-corrected chi connectivity index (χ4v) is 3.81. The van der Waals surface area contributed by atoms with Crippen LogP contribution in [-0.2, 0) is 9.84 Å². The molecule has 18 heavy (non-hydrogen) atoms. The molecule has 0 spiro atoms. The van der Waals surface area contributed by atoms with Crippen LogP contribution in [0.1, 0.15) is 6.42 Å². The maximum atomic E-state index is 11.3. The summed E-state index contributed by atoms with van der Waals surface area (Å²) in [6, 6.07) is 7.15.